The van der Waals surface area contributed by atoms with E-state index in [-0.39, 0.29) is 6.10 Å². The van der Waals surface area contributed by atoms with Crippen molar-refractivity contribution >= 4 is 0 Å². The second-order valence-corrected chi connectivity index (χ2v) is 4.52. The van der Waals surface area contributed by atoms with E-state index in [1.54, 1.807) is 0 Å². The predicted molar refractivity (Wildman–Crippen MR) is 49.0 cm³/mol. The molecule has 0 spiro atoms. The number of piperidine rings is 1. The third-order valence-corrected chi connectivity index (χ3v) is 3.29. The molecule has 2 rings (SSSR count). The quantitative estimate of drug-likeness (QED) is 0.638. The molecule has 0 aromatic carbocycles. The van der Waals surface area contributed by atoms with Crippen molar-refractivity contribution < 1.29 is 5.11 Å². The fraction of sp³-hybridized carbons (Fsp3) is 1.00. The second-order valence-electron chi connectivity index (χ2n) is 4.52. The summed E-state index contributed by atoms with van der Waals surface area (Å²) < 4.78 is 0. The van der Waals surface area contributed by atoms with Gasteiger partial charge in [0.25, 0.3) is 0 Å². The summed E-state index contributed by atoms with van der Waals surface area (Å²) in [4.78, 5) is 2.57. The van der Waals surface area contributed by atoms with E-state index in [1.165, 1.54) is 25.9 Å². The minimum absolute atomic E-state index is 0.00670. The molecule has 0 aromatic heterocycles. The molecule has 0 radical (unpaired) electrons. The molecule has 2 aliphatic rings. The third-order valence-electron chi connectivity index (χ3n) is 3.29. The Morgan fingerprint density at radius 3 is 2.67 bits per heavy atom. The van der Waals surface area contributed by atoms with Crippen LogP contribution in [0.4, 0.5) is 0 Å². The zero-order valence-electron chi connectivity index (χ0n) is 7.87. The summed E-state index contributed by atoms with van der Waals surface area (Å²) >= 11 is 0. The van der Waals surface area contributed by atoms with Crippen LogP contribution in [0.3, 0.4) is 0 Å². The number of hydrogen-bond acceptors (Lipinski definition) is 2. The smallest absolute Gasteiger partial charge is 0.0570 e. The normalized spacial score (nSPS) is 44.0. The lowest BCUT2D eigenvalue weighted by atomic mass is 9.86. The van der Waals surface area contributed by atoms with Gasteiger partial charge in [-0.25, -0.2) is 0 Å². The highest BCUT2D eigenvalue weighted by atomic mass is 16.3. The molecule has 1 heterocycles. The molecule has 2 nitrogen and oxygen atoms in total. The van der Waals surface area contributed by atoms with Crippen LogP contribution in [-0.2, 0) is 0 Å². The van der Waals surface area contributed by atoms with E-state index in [9.17, 15) is 5.11 Å². The van der Waals surface area contributed by atoms with Crippen LogP contribution >= 0.6 is 0 Å². The lowest BCUT2D eigenvalue weighted by Gasteiger charge is -2.44. The average molecular weight is 169 g/mol. The predicted octanol–water partition coefficient (Wildman–Crippen LogP) is 1.24. The highest BCUT2D eigenvalue weighted by molar-refractivity contribution is 4.88. The maximum atomic E-state index is 9.19. The largest absolute Gasteiger partial charge is 0.393 e. The maximum absolute atomic E-state index is 9.19. The van der Waals surface area contributed by atoms with Gasteiger partial charge < -0.3 is 5.11 Å². The van der Waals surface area contributed by atoms with Crippen LogP contribution in [0, 0.1) is 5.92 Å². The highest BCUT2D eigenvalue weighted by Gasteiger charge is 2.33. The Hall–Kier alpha value is -0.0800. The Bertz CT molecular complexity index is 154. The van der Waals surface area contributed by atoms with Gasteiger partial charge in [-0.15, -0.1) is 0 Å². The summed E-state index contributed by atoms with van der Waals surface area (Å²) in [6.07, 6.45) is 4.80. The number of likely N-dealkylation sites (tertiary alicyclic amines) is 1. The molecule has 12 heavy (non-hydrogen) atoms. The van der Waals surface area contributed by atoms with Gasteiger partial charge in [-0.05, 0) is 38.1 Å². The molecule has 1 saturated heterocycles. The molecular weight excluding hydrogens is 150 g/mol. The first-order valence-electron chi connectivity index (χ1n) is 5.18. The van der Waals surface area contributed by atoms with Crippen LogP contribution in [0.15, 0.2) is 0 Å². The van der Waals surface area contributed by atoms with Crippen molar-refractivity contribution in [2.75, 3.05) is 13.1 Å². The van der Waals surface area contributed by atoms with Crippen molar-refractivity contribution in [1.82, 2.24) is 4.90 Å². The van der Waals surface area contributed by atoms with E-state index in [0.29, 0.717) is 6.04 Å². The van der Waals surface area contributed by atoms with E-state index in [0.717, 1.165) is 18.8 Å². The van der Waals surface area contributed by atoms with Gasteiger partial charge in [0.05, 0.1) is 6.10 Å². The van der Waals surface area contributed by atoms with Gasteiger partial charge in [0.2, 0.25) is 0 Å². The van der Waals surface area contributed by atoms with Crippen molar-refractivity contribution in [2.45, 2.75) is 44.8 Å². The first kappa shape index (κ1) is 8.52. The molecule has 0 bridgehead atoms. The zero-order chi connectivity index (χ0) is 8.55. The minimum Gasteiger partial charge on any atom is -0.393 e. The zero-order valence-corrected chi connectivity index (χ0v) is 7.87. The third kappa shape index (κ3) is 1.64. The molecule has 0 aromatic rings. The van der Waals surface area contributed by atoms with Gasteiger partial charge >= 0.3 is 0 Å². The van der Waals surface area contributed by atoms with E-state index in [2.05, 4.69) is 11.8 Å². The molecule has 0 amide bonds. The van der Waals surface area contributed by atoms with Gasteiger partial charge in [0.1, 0.15) is 0 Å². The molecule has 2 heteroatoms. The molecule has 70 valence electrons. The van der Waals surface area contributed by atoms with Gasteiger partial charge in [-0.2, -0.15) is 0 Å². The van der Waals surface area contributed by atoms with Crippen LogP contribution in [0.2, 0.25) is 0 Å². The van der Waals surface area contributed by atoms with Crippen LogP contribution < -0.4 is 0 Å². The van der Waals surface area contributed by atoms with E-state index < -0.39 is 0 Å². The molecule has 1 aliphatic heterocycles. The first-order chi connectivity index (χ1) is 5.75. The summed E-state index contributed by atoms with van der Waals surface area (Å²) in [6, 6.07) is 0.711. The van der Waals surface area contributed by atoms with Gasteiger partial charge in [0, 0.05) is 12.6 Å². The topological polar surface area (TPSA) is 23.5 Å². The van der Waals surface area contributed by atoms with E-state index in [4.69, 9.17) is 0 Å². The van der Waals surface area contributed by atoms with Crippen molar-refractivity contribution in [3.8, 4) is 0 Å². The summed E-state index contributed by atoms with van der Waals surface area (Å²) in [5.41, 5.74) is 0. The summed E-state index contributed by atoms with van der Waals surface area (Å²) in [5.74, 6) is 0.872. The summed E-state index contributed by atoms with van der Waals surface area (Å²) in [7, 11) is 0. The van der Waals surface area contributed by atoms with Crippen molar-refractivity contribution in [1.29, 1.82) is 0 Å². The summed E-state index contributed by atoms with van der Waals surface area (Å²) in [6.45, 7) is 4.86. The molecule has 1 N–H and O–H groups in total. The van der Waals surface area contributed by atoms with Gasteiger partial charge in [-0.3, -0.25) is 4.90 Å². The Kier molecular flexibility index (Phi) is 2.37. The second kappa shape index (κ2) is 3.35. The number of aliphatic hydroxyl groups is 1. The fourth-order valence-electron chi connectivity index (χ4n) is 2.41. The maximum Gasteiger partial charge on any atom is 0.0570 e. The standard InChI is InChI=1S/C10H19NO/c1-8-3-2-4-11(7-8)9-5-10(12)6-9/h8-10,12H,2-7H2,1H3/t8-,9?,10?/m1/s1. The fourth-order valence-corrected chi connectivity index (χ4v) is 2.41. The van der Waals surface area contributed by atoms with Crippen LogP contribution in [0.5, 0.6) is 0 Å². The SMILES string of the molecule is C[C@@H]1CCCN(C2CC(O)C2)C1. The van der Waals surface area contributed by atoms with Crippen LogP contribution in [-0.4, -0.2) is 35.2 Å². The highest BCUT2D eigenvalue weighted by Crippen LogP contribution is 2.29. The Labute approximate surface area is 74.6 Å². The number of hydrogen-bond donors (Lipinski definition) is 1. The average Bonchev–Trinajstić information content (AvgIpc) is 1.99. The van der Waals surface area contributed by atoms with Gasteiger partial charge in [-0.1, -0.05) is 6.92 Å². The van der Waals surface area contributed by atoms with E-state index in [1.807, 2.05) is 0 Å². The van der Waals surface area contributed by atoms with Gasteiger partial charge in [0.15, 0.2) is 0 Å². The van der Waals surface area contributed by atoms with Crippen molar-refractivity contribution in [2.24, 2.45) is 5.92 Å². The Morgan fingerprint density at radius 2 is 2.08 bits per heavy atom. The molecule has 1 saturated carbocycles. The molecule has 1 atom stereocenters. The lowest BCUT2D eigenvalue weighted by Crippen LogP contribution is -2.50. The Morgan fingerprint density at radius 1 is 1.33 bits per heavy atom. The number of nitrogens with zero attached hydrogens (tertiary/aromatic N) is 1. The molecule has 0 unspecified atom stereocenters. The molecule has 1 aliphatic carbocycles. The Balaban J connectivity index is 1.80. The van der Waals surface area contributed by atoms with E-state index >= 15 is 0 Å². The van der Waals surface area contributed by atoms with Crippen molar-refractivity contribution in [3.63, 3.8) is 0 Å². The molecular formula is C10H19NO. The first-order valence-corrected chi connectivity index (χ1v) is 5.18. The number of aliphatic hydroxyl groups excluding tert-OH is 1. The molecule has 2 fully saturated rings. The lowest BCUT2D eigenvalue weighted by molar-refractivity contribution is -0.0133. The van der Waals surface area contributed by atoms with Crippen LogP contribution in [0.1, 0.15) is 32.6 Å². The van der Waals surface area contributed by atoms with Crippen molar-refractivity contribution in [3.05, 3.63) is 0 Å². The summed E-state index contributed by atoms with van der Waals surface area (Å²) in [5, 5.41) is 9.19. The minimum atomic E-state index is 0.00670. The van der Waals surface area contributed by atoms with Crippen LogP contribution in [0.25, 0.3) is 0 Å². The number of rotatable bonds is 1. The monoisotopic (exact) mass is 169 g/mol.